The van der Waals surface area contributed by atoms with Gasteiger partial charge in [0.2, 0.25) is 5.88 Å². The molecule has 240 valence electrons. The summed E-state index contributed by atoms with van der Waals surface area (Å²) in [6.07, 6.45) is 6.50. The second-order valence-electron chi connectivity index (χ2n) is 10.6. The van der Waals surface area contributed by atoms with Gasteiger partial charge < -0.3 is 40.3 Å². The second kappa shape index (κ2) is 13.9. The molecule has 2 aromatic heterocycles. The number of amides is 1. The maximum atomic E-state index is 13.2. The maximum absolute atomic E-state index is 13.2. The second-order valence-corrected chi connectivity index (χ2v) is 10.6. The van der Waals surface area contributed by atoms with E-state index in [0.717, 1.165) is 11.1 Å². The number of hydrogen-bond acceptors (Lipinski definition) is 13. The van der Waals surface area contributed by atoms with Gasteiger partial charge in [-0.3, -0.25) is 14.9 Å². The number of H-pyrrole nitrogens is 1. The van der Waals surface area contributed by atoms with Gasteiger partial charge in [-0.25, -0.2) is 4.98 Å². The van der Waals surface area contributed by atoms with Gasteiger partial charge in [-0.15, -0.1) is 0 Å². The van der Waals surface area contributed by atoms with Crippen molar-refractivity contribution in [1.29, 1.82) is 5.26 Å². The van der Waals surface area contributed by atoms with Crippen LogP contribution in [0.3, 0.4) is 0 Å². The lowest BCUT2D eigenvalue weighted by Crippen LogP contribution is -2.39. The quantitative estimate of drug-likeness (QED) is 0.118. The Morgan fingerprint density at radius 3 is 2.85 bits per heavy atom. The molecule has 0 bridgehead atoms. The van der Waals surface area contributed by atoms with Crippen LogP contribution in [0.4, 0.5) is 11.4 Å². The lowest BCUT2D eigenvalue weighted by atomic mass is 10.0. The molecule has 2 aromatic carbocycles. The molecule has 0 spiro atoms. The molecule has 2 atom stereocenters. The van der Waals surface area contributed by atoms with Crippen molar-refractivity contribution in [1.82, 2.24) is 30.6 Å². The molecule has 0 saturated carbocycles. The molecule has 47 heavy (non-hydrogen) atoms. The Morgan fingerprint density at radius 2 is 2.09 bits per heavy atom. The number of fused-ring (bicyclic) bond motifs is 1. The minimum Gasteiger partial charge on any atom is -0.466 e. The van der Waals surface area contributed by atoms with E-state index in [2.05, 4.69) is 35.9 Å². The fourth-order valence-corrected chi connectivity index (χ4v) is 4.96. The Kier molecular flexibility index (Phi) is 9.11. The van der Waals surface area contributed by atoms with Crippen LogP contribution in [-0.4, -0.2) is 51.1 Å². The molecular weight excluding hydrogens is 606 g/mol. The molecule has 2 unspecified atom stereocenters. The highest BCUT2D eigenvalue weighted by Crippen LogP contribution is 2.41. The van der Waals surface area contributed by atoms with Gasteiger partial charge in [-0.05, 0) is 54.9 Å². The monoisotopic (exact) mass is 637 g/mol. The molecule has 4 heterocycles. The summed E-state index contributed by atoms with van der Waals surface area (Å²) >= 11 is 0. The third-order valence-electron chi connectivity index (χ3n) is 7.20. The molecule has 4 aromatic rings. The molecule has 2 aliphatic heterocycles. The summed E-state index contributed by atoms with van der Waals surface area (Å²) in [7, 11) is 0. The van der Waals surface area contributed by atoms with Crippen LogP contribution >= 0.6 is 0 Å². The number of nitrogens with two attached hydrogens (primary N) is 1. The number of aromatic amines is 1. The SMILES string of the molecule is CCOC(=O)CCc1cc(Oc2nc(Oc3cc(C#N)ccc3N)nc3c2NC(=O)C(Cc2cnc[nH]2)O3)cc(C2NC=CCN2)c1. The number of carbonyl (C=O) groups excluding carboxylic acids is 2. The predicted octanol–water partition coefficient (Wildman–Crippen LogP) is 3.38. The molecule has 0 aliphatic carbocycles. The van der Waals surface area contributed by atoms with Gasteiger partial charge in [0.1, 0.15) is 11.9 Å². The number of ether oxygens (including phenoxy) is 4. The van der Waals surface area contributed by atoms with Crippen LogP contribution in [-0.2, 0) is 27.2 Å². The lowest BCUT2D eigenvalue weighted by molar-refractivity contribution is -0.143. The van der Waals surface area contributed by atoms with E-state index in [1.807, 2.05) is 30.5 Å². The molecule has 0 saturated heterocycles. The first kappa shape index (κ1) is 30.9. The van der Waals surface area contributed by atoms with Crippen molar-refractivity contribution < 1.29 is 28.5 Å². The van der Waals surface area contributed by atoms with Crippen LogP contribution in [0.15, 0.2) is 61.2 Å². The largest absolute Gasteiger partial charge is 0.466 e. The summed E-state index contributed by atoms with van der Waals surface area (Å²) in [5.74, 6) is -0.296. The topological polar surface area (TPSA) is 211 Å². The number of nitriles is 1. The number of esters is 1. The third-order valence-corrected chi connectivity index (χ3v) is 7.20. The van der Waals surface area contributed by atoms with Crippen LogP contribution in [0.5, 0.6) is 29.3 Å². The Labute approximate surface area is 269 Å². The average molecular weight is 638 g/mol. The van der Waals surface area contributed by atoms with Crippen LogP contribution in [0.1, 0.15) is 41.9 Å². The van der Waals surface area contributed by atoms with Crippen molar-refractivity contribution >= 4 is 23.3 Å². The minimum absolute atomic E-state index is 0.00330. The maximum Gasteiger partial charge on any atom is 0.328 e. The number of carbonyl (C=O) groups is 2. The Balaban J connectivity index is 1.37. The molecule has 2 aliphatic rings. The number of imidazole rings is 1. The van der Waals surface area contributed by atoms with Gasteiger partial charge in [0.05, 0.1) is 30.3 Å². The molecule has 6 N–H and O–H groups in total. The van der Waals surface area contributed by atoms with Crippen molar-refractivity contribution in [3.05, 3.63) is 83.6 Å². The van der Waals surface area contributed by atoms with E-state index in [0.29, 0.717) is 36.6 Å². The van der Waals surface area contributed by atoms with Crippen LogP contribution in [0.25, 0.3) is 0 Å². The van der Waals surface area contributed by atoms with Gasteiger partial charge in [-0.2, -0.15) is 15.2 Å². The summed E-state index contributed by atoms with van der Waals surface area (Å²) in [5.41, 5.74) is 9.11. The van der Waals surface area contributed by atoms with Crippen molar-refractivity contribution in [3.63, 3.8) is 0 Å². The van der Waals surface area contributed by atoms with Gasteiger partial charge in [0.15, 0.2) is 17.5 Å². The normalized spacial score (nSPS) is 16.6. The van der Waals surface area contributed by atoms with Crippen molar-refractivity contribution in [2.24, 2.45) is 0 Å². The van der Waals surface area contributed by atoms with Crippen molar-refractivity contribution in [2.45, 2.75) is 38.5 Å². The standard InChI is InChI=1S/C32H31N9O6/c1-2-44-26(42)7-5-18-10-20(28-36-8-3-9-37-28)13-22(11-18)45-30-27-31(46-25(29(43)39-27)14-21-16-35-17-38-21)41-32(40-30)47-24-12-19(15-33)4-6-23(24)34/h3-4,6,8,10-13,16-17,25,28,36-37H,2,5,7,9,14,34H2,1H3,(H,35,38)(H,39,43). The number of aryl methyl sites for hydroxylation is 1. The van der Waals surface area contributed by atoms with Crippen LogP contribution < -0.4 is 35.9 Å². The number of nitrogens with one attached hydrogen (secondary N) is 4. The molecule has 15 heteroatoms. The molecule has 0 fully saturated rings. The first-order chi connectivity index (χ1) is 22.9. The van der Waals surface area contributed by atoms with E-state index < -0.39 is 12.0 Å². The fraction of sp³-hybridized carbons (Fsp3) is 0.250. The van der Waals surface area contributed by atoms with E-state index in [1.54, 1.807) is 25.3 Å². The Bertz CT molecular complexity index is 1850. The van der Waals surface area contributed by atoms with E-state index in [1.165, 1.54) is 18.5 Å². The number of anilines is 2. The highest BCUT2D eigenvalue weighted by Gasteiger charge is 2.34. The number of rotatable bonds is 11. The third kappa shape index (κ3) is 7.40. The Hall–Kier alpha value is -6.14. The van der Waals surface area contributed by atoms with Crippen LogP contribution in [0.2, 0.25) is 0 Å². The smallest absolute Gasteiger partial charge is 0.328 e. The summed E-state index contributed by atoms with van der Waals surface area (Å²) in [6.45, 7) is 2.71. The first-order valence-corrected chi connectivity index (χ1v) is 14.8. The number of nitrogens with zero attached hydrogens (tertiary/aromatic N) is 4. The molecule has 0 radical (unpaired) electrons. The molecule has 1 amide bonds. The van der Waals surface area contributed by atoms with Crippen molar-refractivity contribution in [2.75, 3.05) is 24.2 Å². The zero-order valence-corrected chi connectivity index (χ0v) is 25.3. The van der Waals surface area contributed by atoms with E-state index in [-0.39, 0.29) is 59.9 Å². The van der Waals surface area contributed by atoms with Crippen LogP contribution in [0, 0.1) is 11.3 Å². The zero-order valence-electron chi connectivity index (χ0n) is 25.3. The van der Waals surface area contributed by atoms with E-state index in [9.17, 15) is 14.9 Å². The van der Waals surface area contributed by atoms with Crippen molar-refractivity contribution in [3.8, 4) is 35.3 Å². The molecule has 6 rings (SSSR count). The number of hydrogen-bond donors (Lipinski definition) is 5. The first-order valence-electron chi connectivity index (χ1n) is 14.8. The minimum atomic E-state index is -0.945. The summed E-state index contributed by atoms with van der Waals surface area (Å²) in [4.78, 5) is 41.1. The zero-order chi connectivity index (χ0) is 32.8. The van der Waals surface area contributed by atoms with E-state index >= 15 is 0 Å². The Morgan fingerprint density at radius 1 is 1.19 bits per heavy atom. The van der Waals surface area contributed by atoms with Gasteiger partial charge in [0.25, 0.3) is 11.8 Å². The number of benzene rings is 2. The number of aromatic nitrogens is 4. The number of nitrogen functional groups attached to an aromatic ring is 1. The lowest BCUT2D eigenvalue weighted by Gasteiger charge is -2.26. The highest BCUT2D eigenvalue weighted by molar-refractivity contribution is 5.98. The molecule has 15 nitrogen and oxygen atoms in total. The summed E-state index contributed by atoms with van der Waals surface area (Å²) in [6, 6.07) is 12.0. The average Bonchev–Trinajstić information content (AvgIpc) is 3.59. The molecular formula is C32H31N9O6. The van der Waals surface area contributed by atoms with E-state index in [4.69, 9.17) is 24.7 Å². The summed E-state index contributed by atoms with van der Waals surface area (Å²) in [5, 5.41) is 18.8. The fourth-order valence-electron chi connectivity index (χ4n) is 4.96. The highest BCUT2D eigenvalue weighted by atomic mass is 16.5. The van der Waals surface area contributed by atoms with Gasteiger partial charge in [0, 0.05) is 37.3 Å². The summed E-state index contributed by atoms with van der Waals surface area (Å²) < 4.78 is 23.4. The van der Waals surface area contributed by atoms with Gasteiger partial charge >= 0.3 is 12.0 Å². The van der Waals surface area contributed by atoms with Gasteiger partial charge in [-0.1, -0.05) is 12.1 Å². The predicted molar refractivity (Wildman–Crippen MR) is 168 cm³/mol.